The maximum Gasteiger partial charge on any atom is 0.472 e. The van der Waals surface area contributed by atoms with E-state index in [1.54, 1.807) is 0 Å². The molecule has 0 heterocycles. The van der Waals surface area contributed by atoms with Crippen LogP contribution in [0.2, 0.25) is 0 Å². The smallest absolute Gasteiger partial charge is 0.462 e. The number of phosphoric ester groups is 2. The molecule has 98 heavy (non-hydrogen) atoms. The van der Waals surface area contributed by atoms with Crippen molar-refractivity contribution < 1.29 is 80.2 Å². The molecule has 0 aliphatic carbocycles. The molecular formula is C79H154O17P2. The van der Waals surface area contributed by atoms with Gasteiger partial charge in [0.25, 0.3) is 0 Å². The summed E-state index contributed by atoms with van der Waals surface area (Å²) in [6, 6.07) is 0. The molecule has 0 fully saturated rings. The first-order valence-electron chi connectivity index (χ1n) is 41.1. The summed E-state index contributed by atoms with van der Waals surface area (Å²) in [7, 11) is -9.91. The molecule has 0 rings (SSSR count). The van der Waals surface area contributed by atoms with Gasteiger partial charge in [-0.05, 0) is 31.6 Å². The van der Waals surface area contributed by atoms with Crippen LogP contribution >= 0.6 is 15.6 Å². The number of hydrogen-bond acceptors (Lipinski definition) is 15. The molecule has 0 amide bonds. The van der Waals surface area contributed by atoms with Crippen LogP contribution in [0, 0.1) is 5.92 Å². The van der Waals surface area contributed by atoms with Gasteiger partial charge in [-0.1, -0.05) is 369 Å². The zero-order chi connectivity index (χ0) is 71.9. The van der Waals surface area contributed by atoms with Crippen LogP contribution in [-0.4, -0.2) is 96.7 Å². The Kier molecular flexibility index (Phi) is 70.6. The lowest BCUT2D eigenvalue weighted by Gasteiger charge is -2.21. The van der Waals surface area contributed by atoms with Gasteiger partial charge in [0.05, 0.1) is 26.4 Å². The molecule has 0 spiro atoms. The van der Waals surface area contributed by atoms with E-state index in [4.69, 9.17) is 37.0 Å². The first-order chi connectivity index (χ1) is 47.5. The van der Waals surface area contributed by atoms with Crippen molar-refractivity contribution in [2.45, 2.75) is 438 Å². The molecular weight excluding hydrogens is 1280 g/mol. The van der Waals surface area contributed by atoms with E-state index in [9.17, 15) is 43.2 Å². The first-order valence-corrected chi connectivity index (χ1v) is 44.1. The first kappa shape index (κ1) is 96.1. The molecule has 5 atom stereocenters. The Morgan fingerprint density at radius 2 is 0.469 bits per heavy atom. The van der Waals surface area contributed by atoms with Crippen LogP contribution in [0.5, 0.6) is 0 Å². The van der Waals surface area contributed by atoms with E-state index in [-0.39, 0.29) is 25.7 Å². The number of phosphoric acid groups is 2. The van der Waals surface area contributed by atoms with Crippen LogP contribution in [0.1, 0.15) is 420 Å². The Labute approximate surface area is 600 Å². The number of aliphatic hydroxyl groups excluding tert-OH is 1. The molecule has 0 saturated carbocycles. The monoisotopic (exact) mass is 1440 g/mol. The molecule has 17 nitrogen and oxygen atoms in total. The Bertz CT molecular complexity index is 1870. The van der Waals surface area contributed by atoms with Gasteiger partial charge in [0.2, 0.25) is 0 Å². The predicted octanol–water partition coefficient (Wildman–Crippen LogP) is 23.6. The summed E-state index contributed by atoms with van der Waals surface area (Å²) in [5.74, 6) is -1.43. The van der Waals surface area contributed by atoms with Gasteiger partial charge >= 0.3 is 39.5 Å². The minimum atomic E-state index is -4.96. The fourth-order valence-corrected chi connectivity index (χ4v) is 13.8. The Hall–Kier alpha value is -1.94. The van der Waals surface area contributed by atoms with Crippen molar-refractivity contribution in [1.82, 2.24) is 0 Å². The lowest BCUT2D eigenvalue weighted by molar-refractivity contribution is -0.161. The molecule has 19 heteroatoms. The third-order valence-corrected chi connectivity index (χ3v) is 20.4. The second-order valence-corrected chi connectivity index (χ2v) is 31.8. The van der Waals surface area contributed by atoms with E-state index in [2.05, 4.69) is 34.6 Å². The number of ether oxygens (including phenoxy) is 4. The molecule has 0 aromatic rings. The highest BCUT2D eigenvalue weighted by Gasteiger charge is 2.30. The summed E-state index contributed by atoms with van der Waals surface area (Å²) in [6.07, 6.45) is 62.8. The van der Waals surface area contributed by atoms with Crippen molar-refractivity contribution >= 4 is 39.5 Å². The van der Waals surface area contributed by atoms with E-state index in [0.29, 0.717) is 31.6 Å². The molecule has 0 aliphatic heterocycles. The van der Waals surface area contributed by atoms with E-state index >= 15 is 0 Å². The van der Waals surface area contributed by atoms with Gasteiger partial charge in [0.1, 0.15) is 19.3 Å². The Morgan fingerprint density at radius 1 is 0.276 bits per heavy atom. The van der Waals surface area contributed by atoms with Crippen LogP contribution in [0.15, 0.2) is 0 Å². The van der Waals surface area contributed by atoms with Crippen molar-refractivity contribution in [3.05, 3.63) is 0 Å². The highest BCUT2D eigenvalue weighted by Crippen LogP contribution is 2.45. The predicted molar refractivity (Wildman–Crippen MR) is 400 cm³/mol. The summed E-state index contributed by atoms with van der Waals surface area (Å²) in [6.45, 7) is 7.21. The topological polar surface area (TPSA) is 237 Å². The van der Waals surface area contributed by atoms with Crippen LogP contribution in [0.25, 0.3) is 0 Å². The minimum absolute atomic E-state index is 0.106. The highest BCUT2D eigenvalue weighted by atomic mass is 31.2. The zero-order valence-electron chi connectivity index (χ0n) is 63.9. The normalized spacial score (nSPS) is 13.9. The molecule has 0 aliphatic rings. The van der Waals surface area contributed by atoms with Gasteiger partial charge in [-0.15, -0.1) is 0 Å². The Balaban J connectivity index is 5.17. The lowest BCUT2D eigenvalue weighted by Crippen LogP contribution is -2.30. The molecule has 582 valence electrons. The van der Waals surface area contributed by atoms with E-state index < -0.39 is 97.5 Å². The number of rotatable bonds is 79. The van der Waals surface area contributed by atoms with Crippen LogP contribution in [0.3, 0.4) is 0 Å². The SMILES string of the molecule is CCCCCCCCCCCCCCCCCCCCCCCC(=O)O[C@H](COC(=O)CCCCCCCCCCCCCCCCCCCC)COP(=O)(O)OC[C@@H](O)COP(=O)(O)OC[C@@H](COC(=O)CCCCCCCCC(C)C)OC(=O)CCCCCCCCCCCC. The molecule has 0 bridgehead atoms. The van der Waals surface area contributed by atoms with Gasteiger partial charge in [0.15, 0.2) is 12.2 Å². The molecule has 0 aromatic heterocycles. The van der Waals surface area contributed by atoms with Gasteiger partial charge in [-0.25, -0.2) is 9.13 Å². The molecule has 0 aromatic carbocycles. The van der Waals surface area contributed by atoms with Crippen molar-refractivity contribution in [3.8, 4) is 0 Å². The van der Waals surface area contributed by atoms with Crippen LogP contribution in [0.4, 0.5) is 0 Å². The maximum atomic E-state index is 13.1. The Morgan fingerprint density at radius 3 is 0.694 bits per heavy atom. The average molecular weight is 1440 g/mol. The van der Waals surface area contributed by atoms with Crippen molar-refractivity contribution in [1.29, 1.82) is 0 Å². The summed E-state index contributed by atoms with van der Waals surface area (Å²) in [5.41, 5.74) is 0. The quantitative estimate of drug-likeness (QED) is 0.0222. The summed E-state index contributed by atoms with van der Waals surface area (Å²) in [4.78, 5) is 72.8. The third-order valence-electron chi connectivity index (χ3n) is 18.5. The van der Waals surface area contributed by atoms with Crippen molar-refractivity contribution in [3.63, 3.8) is 0 Å². The number of unbranched alkanes of at least 4 members (excludes halogenated alkanes) is 51. The van der Waals surface area contributed by atoms with Gasteiger partial charge in [0, 0.05) is 25.7 Å². The third kappa shape index (κ3) is 72.4. The second kappa shape index (κ2) is 72.0. The van der Waals surface area contributed by atoms with Gasteiger partial charge in [-0.2, -0.15) is 0 Å². The lowest BCUT2D eigenvalue weighted by atomic mass is 10.0. The van der Waals surface area contributed by atoms with Crippen molar-refractivity contribution in [2.75, 3.05) is 39.6 Å². The standard InChI is InChI=1S/C79H154O17P2/c1-6-9-12-15-18-21-24-26-28-30-32-33-34-36-38-40-42-45-48-55-60-65-79(84)95-74(68-89-76(81)62-57-52-46-44-41-39-37-35-31-29-27-25-22-19-16-13-10-7-2)70-93-97(85,86)91-66-73(80)67-92-98(87,88)94-71-75(69-90-77(82)63-58-53-50-49-51-56-61-72(4)5)96-78(83)64-59-54-47-43-23-20-17-14-11-8-3/h72-75,80H,6-71H2,1-5H3,(H,85,86)(H,87,88)/t73-,74-,75-/m1/s1. The minimum Gasteiger partial charge on any atom is -0.462 e. The molecule has 2 unspecified atom stereocenters. The number of aliphatic hydroxyl groups is 1. The van der Waals surface area contributed by atoms with E-state index in [1.807, 2.05) is 0 Å². The fourth-order valence-electron chi connectivity index (χ4n) is 12.2. The fraction of sp³-hybridized carbons (Fsp3) is 0.949. The second-order valence-electron chi connectivity index (χ2n) is 28.9. The van der Waals surface area contributed by atoms with Crippen LogP contribution in [-0.2, 0) is 65.4 Å². The molecule has 3 N–H and O–H groups in total. The number of hydrogen-bond donors (Lipinski definition) is 3. The van der Waals surface area contributed by atoms with Crippen molar-refractivity contribution in [2.24, 2.45) is 5.92 Å². The summed E-state index contributed by atoms with van der Waals surface area (Å²) >= 11 is 0. The van der Waals surface area contributed by atoms with E-state index in [1.165, 1.54) is 238 Å². The zero-order valence-corrected chi connectivity index (χ0v) is 65.7. The van der Waals surface area contributed by atoms with Gasteiger partial charge < -0.3 is 33.8 Å². The van der Waals surface area contributed by atoms with E-state index in [0.717, 1.165) is 96.3 Å². The van der Waals surface area contributed by atoms with Gasteiger partial charge in [-0.3, -0.25) is 37.3 Å². The number of esters is 4. The van der Waals surface area contributed by atoms with Crippen LogP contribution < -0.4 is 0 Å². The largest absolute Gasteiger partial charge is 0.472 e. The molecule has 0 saturated heterocycles. The molecule has 0 radical (unpaired) electrons. The number of carbonyl (C=O) groups is 4. The summed E-state index contributed by atoms with van der Waals surface area (Å²) < 4.78 is 68.5. The highest BCUT2D eigenvalue weighted by molar-refractivity contribution is 7.47. The average Bonchev–Trinajstić information content (AvgIpc) is 1.03. The maximum absolute atomic E-state index is 13.1. The number of carbonyl (C=O) groups excluding carboxylic acids is 4. The summed E-state index contributed by atoms with van der Waals surface area (Å²) in [5, 5.41) is 10.6.